The predicted molar refractivity (Wildman–Crippen MR) is 63.8 cm³/mol. The number of amides is 1. The SMILES string of the molecule is CN(C(=O)C(C)(C)O)c1cc(Br)ccc1F. The molecule has 3 nitrogen and oxygen atoms in total. The molecule has 0 radical (unpaired) electrons. The van der Waals surface area contributed by atoms with Crippen LogP contribution >= 0.6 is 15.9 Å². The van der Waals surface area contributed by atoms with Gasteiger partial charge >= 0.3 is 0 Å². The summed E-state index contributed by atoms with van der Waals surface area (Å²) in [6.07, 6.45) is 0. The van der Waals surface area contributed by atoms with Crippen LogP contribution in [0.25, 0.3) is 0 Å². The molecule has 0 heterocycles. The van der Waals surface area contributed by atoms with Crippen molar-refractivity contribution in [1.29, 1.82) is 0 Å². The van der Waals surface area contributed by atoms with Crippen molar-refractivity contribution in [2.45, 2.75) is 19.4 Å². The lowest BCUT2D eigenvalue weighted by Gasteiger charge is -2.25. The Hall–Kier alpha value is -0.940. The Bertz CT molecular complexity index is 415. The van der Waals surface area contributed by atoms with E-state index in [0.29, 0.717) is 4.47 Å². The summed E-state index contributed by atoms with van der Waals surface area (Å²) in [6, 6.07) is 4.29. The first-order valence-corrected chi connectivity index (χ1v) is 5.48. The fraction of sp³-hybridized carbons (Fsp3) is 0.364. The van der Waals surface area contributed by atoms with Gasteiger partial charge in [-0.15, -0.1) is 0 Å². The van der Waals surface area contributed by atoms with Crippen molar-refractivity contribution in [2.75, 3.05) is 11.9 Å². The smallest absolute Gasteiger partial charge is 0.258 e. The molecule has 1 amide bonds. The first-order chi connectivity index (χ1) is 7.23. The molecule has 5 heteroatoms. The van der Waals surface area contributed by atoms with Gasteiger partial charge in [-0.3, -0.25) is 4.79 Å². The lowest BCUT2D eigenvalue weighted by atomic mass is 10.1. The third kappa shape index (κ3) is 2.80. The maximum Gasteiger partial charge on any atom is 0.258 e. The topological polar surface area (TPSA) is 40.5 Å². The van der Waals surface area contributed by atoms with E-state index < -0.39 is 17.3 Å². The molecule has 0 saturated carbocycles. The zero-order valence-electron chi connectivity index (χ0n) is 9.29. The van der Waals surface area contributed by atoms with Crippen LogP contribution in [0, 0.1) is 5.82 Å². The highest BCUT2D eigenvalue weighted by molar-refractivity contribution is 9.10. The molecule has 0 atom stereocenters. The van der Waals surface area contributed by atoms with Crippen LogP contribution in [0.15, 0.2) is 22.7 Å². The van der Waals surface area contributed by atoms with E-state index in [2.05, 4.69) is 15.9 Å². The molecule has 0 saturated heterocycles. The van der Waals surface area contributed by atoms with Crippen molar-refractivity contribution < 1.29 is 14.3 Å². The summed E-state index contributed by atoms with van der Waals surface area (Å²) in [4.78, 5) is 12.8. The molecule has 0 aliphatic carbocycles. The quantitative estimate of drug-likeness (QED) is 0.908. The number of benzene rings is 1. The Balaban J connectivity index is 3.10. The molecule has 88 valence electrons. The molecule has 1 aromatic rings. The van der Waals surface area contributed by atoms with E-state index in [9.17, 15) is 14.3 Å². The zero-order chi connectivity index (χ0) is 12.5. The molecule has 0 aromatic heterocycles. The number of aliphatic hydroxyl groups is 1. The molecule has 1 aromatic carbocycles. The Morgan fingerprint density at radius 1 is 1.50 bits per heavy atom. The molecule has 16 heavy (non-hydrogen) atoms. The number of halogens is 2. The summed E-state index contributed by atoms with van der Waals surface area (Å²) in [7, 11) is 1.42. The van der Waals surface area contributed by atoms with E-state index in [1.54, 1.807) is 6.07 Å². The third-order valence-corrected chi connectivity index (χ3v) is 2.59. The van der Waals surface area contributed by atoms with Gasteiger partial charge in [0, 0.05) is 11.5 Å². The van der Waals surface area contributed by atoms with Crippen LogP contribution in [0.3, 0.4) is 0 Å². The van der Waals surface area contributed by atoms with Crippen molar-refractivity contribution in [3.8, 4) is 0 Å². The van der Waals surface area contributed by atoms with Crippen molar-refractivity contribution in [3.63, 3.8) is 0 Å². The summed E-state index contributed by atoms with van der Waals surface area (Å²) in [5.74, 6) is -1.08. The van der Waals surface area contributed by atoms with Crippen LogP contribution in [0.1, 0.15) is 13.8 Å². The molecule has 0 aliphatic rings. The highest BCUT2D eigenvalue weighted by Gasteiger charge is 2.29. The van der Waals surface area contributed by atoms with Gasteiger partial charge in [0.2, 0.25) is 0 Å². The van der Waals surface area contributed by atoms with E-state index in [1.165, 1.54) is 33.0 Å². The van der Waals surface area contributed by atoms with Crippen molar-refractivity contribution in [3.05, 3.63) is 28.5 Å². The number of rotatable bonds is 2. The predicted octanol–water partition coefficient (Wildman–Crippen LogP) is 2.32. The Labute approximate surface area is 102 Å². The van der Waals surface area contributed by atoms with E-state index >= 15 is 0 Å². The molecule has 0 spiro atoms. The highest BCUT2D eigenvalue weighted by Crippen LogP contribution is 2.24. The fourth-order valence-corrected chi connectivity index (χ4v) is 1.61. The van der Waals surface area contributed by atoms with Crippen molar-refractivity contribution >= 4 is 27.5 Å². The molecule has 0 bridgehead atoms. The van der Waals surface area contributed by atoms with Gasteiger partial charge in [0.15, 0.2) is 0 Å². The van der Waals surface area contributed by atoms with Crippen molar-refractivity contribution in [2.24, 2.45) is 0 Å². The second-order valence-electron chi connectivity index (χ2n) is 4.02. The van der Waals surface area contributed by atoms with Gasteiger partial charge in [0.05, 0.1) is 5.69 Å². The summed E-state index contributed by atoms with van der Waals surface area (Å²) < 4.78 is 14.1. The highest BCUT2D eigenvalue weighted by atomic mass is 79.9. The number of hydrogen-bond acceptors (Lipinski definition) is 2. The number of carbonyl (C=O) groups is 1. The summed E-state index contributed by atoms with van der Waals surface area (Å²) in [5, 5.41) is 9.55. The standard InChI is InChI=1S/C11H13BrFNO2/c1-11(2,16)10(15)14(3)9-6-7(12)4-5-8(9)13/h4-6,16H,1-3H3. The second kappa shape index (κ2) is 4.51. The monoisotopic (exact) mass is 289 g/mol. The largest absolute Gasteiger partial charge is 0.381 e. The number of likely N-dealkylation sites (N-methyl/N-ethyl adjacent to an activating group) is 1. The zero-order valence-corrected chi connectivity index (χ0v) is 10.9. The van der Waals surface area contributed by atoms with Gasteiger partial charge in [0.25, 0.3) is 5.91 Å². The molecular formula is C11H13BrFNO2. The molecule has 1 N–H and O–H groups in total. The summed E-state index contributed by atoms with van der Waals surface area (Å²) >= 11 is 3.20. The lowest BCUT2D eigenvalue weighted by Crippen LogP contribution is -2.43. The molecule has 0 aliphatic heterocycles. The first-order valence-electron chi connectivity index (χ1n) is 4.69. The van der Waals surface area contributed by atoms with Gasteiger partial charge in [0.1, 0.15) is 11.4 Å². The van der Waals surface area contributed by atoms with Crippen LogP contribution in [0.2, 0.25) is 0 Å². The molecular weight excluding hydrogens is 277 g/mol. The van der Waals surface area contributed by atoms with Gasteiger partial charge < -0.3 is 10.0 Å². The minimum atomic E-state index is -1.52. The van der Waals surface area contributed by atoms with Gasteiger partial charge in [-0.05, 0) is 32.0 Å². The van der Waals surface area contributed by atoms with Crippen LogP contribution < -0.4 is 4.90 Å². The average molecular weight is 290 g/mol. The lowest BCUT2D eigenvalue weighted by molar-refractivity contribution is -0.133. The number of nitrogens with zero attached hydrogens (tertiary/aromatic N) is 1. The van der Waals surface area contributed by atoms with E-state index in [0.717, 1.165) is 4.90 Å². The second-order valence-corrected chi connectivity index (χ2v) is 4.93. The maximum atomic E-state index is 13.5. The minimum absolute atomic E-state index is 0.126. The van der Waals surface area contributed by atoms with E-state index in [1.807, 2.05) is 0 Å². The van der Waals surface area contributed by atoms with Crippen LogP contribution in [0.4, 0.5) is 10.1 Å². The minimum Gasteiger partial charge on any atom is -0.381 e. The fourth-order valence-electron chi connectivity index (χ4n) is 1.26. The number of hydrogen-bond donors (Lipinski definition) is 1. The molecule has 0 unspecified atom stereocenters. The summed E-state index contributed by atoms with van der Waals surface area (Å²) in [5.41, 5.74) is -1.40. The normalized spacial score (nSPS) is 11.4. The van der Waals surface area contributed by atoms with Crippen LogP contribution in [-0.2, 0) is 4.79 Å². The Kier molecular flexibility index (Phi) is 3.70. The van der Waals surface area contributed by atoms with Gasteiger partial charge in [-0.1, -0.05) is 15.9 Å². The average Bonchev–Trinajstić information content (AvgIpc) is 2.18. The van der Waals surface area contributed by atoms with Crippen LogP contribution in [0.5, 0.6) is 0 Å². The van der Waals surface area contributed by atoms with Crippen LogP contribution in [-0.4, -0.2) is 23.7 Å². The maximum absolute atomic E-state index is 13.5. The van der Waals surface area contributed by atoms with Gasteiger partial charge in [-0.2, -0.15) is 0 Å². The first kappa shape index (κ1) is 13.1. The van der Waals surface area contributed by atoms with E-state index in [4.69, 9.17) is 0 Å². The van der Waals surface area contributed by atoms with Gasteiger partial charge in [-0.25, -0.2) is 4.39 Å². The summed E-state index contributed by atoms with van der Waals surface area (Å²) in [6.45, 7) is 2.73. The number of anilines is 1. The Morgan fingerprint density at radius 2 is 2.06 bits per heavy atom. The van der Waals surface area contributed by atoms with E-state index in [-0.39, 0.29) is 5.69 Å². The molecule has 0 fully saturated rings. The number of carbonyl (C=O) groups excluding carboxylic acids is 1. The Morgan fingerprint density at radius 3 is 2.56 bits per heavy atom. The third-order valence-electron chi connectivity index (χ3n) is 2.10. The van der Waals surface area contributed by atoms with Crippen molar-refractivity contribution in [1.82, 2.24) is 0 Å². The molecule has 1 rings (SSSR count).